The third-order valence-electron chi connectivity index (χ3n) is 5.72. The maximum atomic E-state index is 13.5. The molecule has 0 unspecified atom stereocenters. The van der Waals surface area contributed by atoms with Gasteiger partial charge in [0.2, 0.25) is 0 Å². The van der Waals surface area contributed by atoms with Crippen molar-refractivity contribution in [2.75, 3.05) is 0 Å². The van der Waals surface area contributed by atoms with Crippen LogP contribution in [0.15, 0.2) is 36.4 Å². The third-order valence-corrected chi connectivity index (χ3v) is 5.72. The van der Waals surface area contributed by atoms with Crippen molar-refractivity contribution < 1.29 is 10.9 Å². The second-order valence-corrected chi connectivity index (χ2v) is 8.86. The molecule has 2 heteroatoms. The average molecular weight is 380 g/mol. The lowest BCUT2D eigenvalue weighted by molar-refractivity contribution is 0.0253. The summed E-state index contributed by atoms with van der Waals surface area (Å²) in [5.41, 5.74) is 5.90. The van der Waals surface area contributed by atoms with Gasteiger partial charge >= 0.3 is 5.97 Å². The van der Waals surface area contributed by atoms with E-state index in [0.717, 1.165) is 35.1 Å². The van der Waals surface area contributed by atoms with Gasteiger partial charge in [-0.1, -0.05) is 77.9 Å². The van der Waals surface area contributed by atoms with Crippen LogP contribution in [-0.4, -0.2) is 5.97 Å². The van der Waals surface area contributed by atoms with Crippen LogP contribution in [0.2, 0.25) is 0 Å². The fraction of sp³-hybridized carbons (Fsp3) is 0.500. The van der Waals surface area contributed by atoms with Crippen molar-refractivity contribution in [2.24, 2.45) is 0 Å². The van der Waals surface area contributed by atoms with Crippen molar-refractivity contribution in [3.8, 4) is 0 Å². The zero-order valence-electron chi connectivity index (χ0n) is 19.1. The number of esters is 1. The average Bonchev–Trinajstić information content (AvgIpc) is 2.66. The Kier molecular flexibility index (Phi) is 5.85. The van der Waals surface area contributed by atoms with Crippen molar-refractivity contribution in [1.82, 2.24) is 0 Å². The minimum Gasteiger partial charge on any atom is -0.454 e. The van der Waals surface area contributed by atoms with E-state index in [9.17, 15) is 4.79 Å². The molecule has 0 amide bonds. The van der Waals surface area contributed by atoms with Gasteiger partial charge in [0.1, 0.15) is 6.08 Å². The maximum Gasteiger partial charge on any atom is 0.339 e. The molecule has 3 rings (SSSR count). The highest BCUT2D eigenvalue weighted by atomic mass is 16.5. The van der Waals surface area contributed by atoms with E-state index >= 15 is 0 Å². The van der Waals surface area contributed by atoms with Gasteiger partial charge in [-0.2, -0.15) is 0 Å². The van der Waals surface area contributed by atoms with Crippen molar-refractivity contribution in [1.29, 1.82) is 0 Å². The van der Waals surface area contributed by atoms with Gasteiger partial charge in [-0.3, -0.25) is 0 Å². The van der Waals surface area contributed by atoms with Crippen LogP contribution in [-0.2, 0) is 11.2 Å². The van der Waals surface area contributed by atoms with Crippen LogP contribution in [0.5, 0.6) is 0 Å². The quantitative estimate of drug-likeness (QED) is 0.510. The number of carbonyl (C=O) groups excluding carboxylic acids is 1. The van der Waals surface area contributed by atoms with Crippen molar-refractivity contribution in [3.63, 3.8) is 0 Å². The van der Waals surface area contributed by atoms with E-state index < -0.39 is 6.08 Å². The number of rotatable bonds is 5. The van der Waals surface area contributed by atoms with Gasteiger partial charge in [0.05, 0.1) is 6.93 Å². The third kappa shape index (κ3) is 4.16. The number of hydrogen-bond donors (Lipinski definition) is 0. The molecule has 1 aliphatic carbocycles. The minimum atomic E-state index is -1.31. The van der Waals surface area contributed by atoms with Gasteiger partial charge in [0.15, 0.2) is 0 Å². The number of fused-ring (bicyclic) bond motifs is 1. The number of benzene rings is 2. The van der Waals surface area contributed by atoms with Crippen molar-refractivity contribution in [3.05, 3.63) is 69.8 Å². The van der Waals surface area contributed by atoms with E-state index in [0.29, 0.717) is 17.9 Å². The highest BCUT2D eigenvalue weighted by Crippen LogP contribution is 2.36. The van der Waals surface area contributed by atoms with Crippen LogP contribution >= 0.6 is 0 Å². The Morgan fingerprint density at radius 1 is 1.00 bits per heavy atom. The molecule has 28 heavy (non-hydrogen) atoms. The largest absolute Gasteiger partial charge is 0.454 e. The molecule has 0 aliphatic heterocycles. The van der Waals surface area contributed by atoms with Crippen LogP contribution in [0, 0.1) is 0 Å². The summed E-state index contributed by atoms with van der Waals surface area (Å²) in [5.74, 6) is 0.436. The molecular weight excluding hydrogens is 344 g/mol. The Bertz CT molecular complexity index is 868. The highest BCUT2D eigenvalue weighted by molar-refractivity contribution is 5.93. The summed E-state index contributed by atoms with van der Waals surface area (Å²) in [5, 5.41) is 0. The first-order valence-electron chi connectivity index (χ1n) is 11.1. The first-order chi connectivity index (χ1) is 13.6. The van der Waals surface area contributed by atoms with Gasteiger partial charge in [-0.25, -0.2) is 4.79 Å². The Morgan fingerprint density at radius 3 is 2.18 bits per heavy atom. The summed E-state index contributed by atoms with van der Waals surface area (Å²) in [7, 11) is 0. The van der Waals surface area contributed by atoms with Crippen LogP contribution in [0.25, 0.3) is 0 Å². The summed E-state index contributed by atoms with van der Waals surface area (Å²) in [6.07, 6.45) is 1.01. The molecule has 0 saturated heterocycles. The summed E-state index contributed by atoms with van der Waals surface area (Å²) >= 11 is 0. The SMILES string of the molecule is [2H][C@@]1(OC(=O)c2c(C(C)C)cc(C(C)C)cc2C(C)C)CCCc2ccccc21. The normalized spacial score (nSPS) is 19.7. The van der Waals surface area contributed by atoms with Gasteiger partial charge in [0.25, 0.3) is 0 Å². The molecule has 0 fully saturated rings. The summed E-state index contributed by atoms with van der Waals surface area (Å²) in [6, 6.07) is 12.2. The Morgan fingerprint density at radius 2 is 1.61 bits per heavy atom. The zero-order chi connectivity index (χ0) is 21.3. The van der Waals surface area contributed by atoms with Crippen LogP contribution in [0.3, 0.4) is 0 Å². The molecule has 150 valence electrons. The number of aryl methyl sites for hydroxylation is 1. The molecular formula is C26H34O2. The molecule has 2 nitrogen and oxygen atoms in total. The van der Waals surface area contributed by atoms with Crippen LogP contribution in [0.1, 0.15) is 118 Å². The molecule has 0 saturated carbocycles. The lowest BCUT2D eigenvalue weighted by Crippen LogP contribution is -2.20. The highest BCUT2D eigenvalue weighted by Gasteiger charge is 2.28. The first kappa shape index (κ1) is 19.2. The van der Waals surface area contributed by atoms with Gasteiger partial charge in [-0.15, -0.1) is 0 Å². The van der Waals surface area contributed by atoms with E-state index in [1.54, 1.807) is 0 Å². The maximum absolute atomic E-state index is 13.5. The van der Waals surface area contributed by atoms with E-state index in [1.807, 2.05) is 24.3 Å². The van der Waals surface area contributed by atoms with E-state index in [2.05, 4.69) is 53.7 Å². The molecule has 1 aliphatic rings. The molecule has 0 spiro atoms. The molecule has 2 aromatic rings. The number of ether oxygens (including phenoxy) is 1. The smallest absolute Gasteiger partial charge is 0.339 e. The molecule has 0 N–H and O–H groups in total. The van der Waals surface area contributed by atoms with Gasteiger partial charge in [-0.05, 0) is 64.8 Å². The monoisotopic (exact) mass is 379 g/mol. The standard InChI is InChI=1S/C26H34O2/c1-16(2)20-14-22(17(3)4)25(23(15-20)18(5)6)26(27)28-24-13-9-11-19-10-7-8-12-21(19)24/h7-8,10,12,14-18,24H,9,11,13H2,1-6H3/t24-/m1/s1/i24D. The molecule has 0 aromatic heterocycles. The predicted octanol–water partition coefficient (Wildman–Crippen LogP) is 7.29. The van der Waals surface area contributed by atoms with E-state index in [4.69, 9.17) is 6.11 Å². The molecule has 1 atom stereocenters. The van der Waals surface area contributed by atoms with Crippen LogP contribution < -0.4 is 0 Å². The number of hydrogen-bond acceptors (Lipinski definition) is 2. The fourth-order valence-corrected chi connectivity index (χ4v) is 4.04. The topological polar surface area (TPSA) is 26.3 Å². The molecule has 0 bridgehead atoms. The van der Waals surface area contributed by atoms with Gasteiger partial charge in [0, 0.05) is 0 Å². The Hall–Kier alpha value is -2.09. The summed E-state index contributed by atoms with van der Waals surface area (Å²) in [6.45, 7) is 12.8. The van der Waals surface area contributed by atoms with Gasteiger partial charge < -0.3 is 4.74 Å². The minimum absolute atomic E-state index is 0.203. The second kappa shape index (κ2) is 8.51. The van der Waals surface area contributed by atoms with E-state index in [-0.39, 0.29) is 17.8 Å². The first-order valence-corrected chi connectivity index (χ1v) is 10.6. The lowest BCUT2D eigenvalue weighted by atomic mass is 9.84. The lowest BCUT2D eigenvalue weighted by Gasteiger charge is -2.27. The fourth-order valence-electron chi connectivity index (χ4n) is 4.04. The van der Waals surface area contributed by atoms with Crippen LogP contribution in [0.4, 0.5) is 0 Å². The Labute approximate surface area is 171 Å². The second-order valence-electron chi connectivity index (χ2n) is 8.86. The molecule has 0 radical (unpaired) electrons. The summed E-state index contributed by atoms with van der Waals surface area (Å²) in [4.78, 5) is 13.5. The number of carbonyl (C=O) groups is 1. The molecule has 0 heterocycles. The molecule has 2 aromatic carbocycles. The predicted molar refractivity (Wildman–Crippen MR) is 116 cm³/mol. The summed E-state index contributed by atoms with van der Waals surface area (Å²) < 4.78 is 15.0. The zero-order valence-corrected chi connectivity index (χ0v) is 18.1. The van der Waals surface area contributed by atoms with Crippen molar-refractivity contribution in [2.45, 2.75) is 84.6 Å². The van der Waals surface area contributed by atoms with Crippen molar-refractivity contribution >= 4 is 5.97 Å². The Balaban J connectivity index is 2.08. The van der Waals surface area contributed by atoms with E-state index in [1.165, 1.54) is 5.56 Å².